The topological polar surface area (TPSA) is 53.5 Å². The molecule has 6 nitrogen and oxygen atoms in total. The van der Waals surface area contributed by atoms with Gasteiger partial charge in [0.05, 0.1) is 19.0 Å². The summed E-state index contributed by atoms with van der Waals surface area (Å²) in [6.07, 6.45) is 16.2. The number of hydrogen-bond donors (Lipinski definition) is 0. The smallest absolute Gasteiger partial charge is 0.195 e. The van der Waals surface area contributed by atoms with E-state index in [0.717, 1.165) is 0 Å². The Morgan fingerprint density at radius 3 is 1.26 bits per heavy atom. The number of halogens is 2. The van der Waals surface area contributed by atoms with E-state index >= 15 is 0 Å². The van der Waals surface area contributed by atoms with Crippen LogP contribution in [0.1, 0.15) is 6.29 Å². The number of rotatable bonds is 3. The van der Waals surface area contributed by atoms with Crippen LogP contribution in [0.2, 0.25) is 0 Å². The van der Waals surface area contributed by atoms with Gasteiger partial charge in [0.1, 0.15) is 0 Å². The van der Waals surface area contributed by atoms with Gasteiger partial charge < -0.3 is 0 Å². The maximum absolute atomic E-state index is 4.80. The van der Waals surface area contributed by atoms with Gasteiger partial charge in [-0.25, -0.2) is 15.0 Å². The summed E-state index contributed by atoms with van der Waals surface area (Å²) in [5.41, 5.74) is 0. The fourth-order valence-electron chi connectivity index (χ4n) is 1.68. The maximum atomic E-state index is 4.80. The first kappa shape index (κ1) is 14.1. The fraction of sp³-hybridized carbons (Fsp3) is 0.100. The number of hydrogen-bond acceptors (Lipinski definition) is 3. The molecule has 0 unspecified atom stereocenters. The third kappa shape index (κ3) is 3.61. The van der Waals surface area contributed by atoms with E-state index in [0.29, 0.717) is 0 Å². The van der Waals surface area contributed by atoms with E-state index in [-0.39, 0.29) is 19.4 Å². The molecule has 0 aromatic carbocycles. The SMILES string of the molecule is [Cl][Mn][Cl].c1cn(C(n2ccnc2)n2ccnc2)cn1. The van der Waals surface area contributed by atoms with E-state index in [4.69, 9.17) is 20.2 Å². The van der Waals surface area contributed by atoms with Crippen molar-refractivity contribution < 1.29 is 13.1 Å². The summed E-state index contributed by atoms with van der Waals surface area (Å²) in [5.74, 6) is 0. The third-order valence-electron chi connectivity index (χ3n) is 2.37. The fourth-order valence-corrected chi connectivity index (χ4v) is 1.68. The van der Waals surface area contributed by atoms with Crippen LogP contribution in [0.4, 0.5) is 0 Å². The van der Waals surface area contributed by atoms with E-state index < -0.39 is 0 Å². The Bertz CT molecular complexity index is 469. The molecule has 0 amide bonds. The first-order valence-corrected chi connectivity index (χ1v) is 8.41. The zero-order valence-corrected chi connectivity index (χ0v) is 12.3. The monoisotopic (exact) mass is 339 g/mol. The molecule has 3 aromatic heterocycles. The average molecular weight is 340 g/mol. The molecule has 0 fully saturated rings. The van der Waals surface area contributed by atoms with Crippen molar-refractivity contribution in [2.45, 2.75) is 6.29 Å². The Morgan fingerprint density at radius 1 is 0.737 bits per heavy atom. The quantitative estimate of drug-likeness (QED) is 0.687. The second-order valence-corrected chi connectivity index (χ2v) is 5.38. The van der Waals surface area contributed by atoms with Crippen LogP contribution in [0.25, 0.3) is 0 Å². The Labute approximate surface area is 124 Å². The molecule has 0 aliphatic carbocycles. The van der Waals surface area contributed by atoms with Crippen LogP contribution in [0.5, 0.6) is 0 Å². The largest absolute Gasteiger partial charge is 0.298 e. The summed E-state index contributed by atoms with van der Waals surface area (Å²) in [6.45, 7) is 0. The Kier molecular flexibility index (Phi) is 5.47. The van der Waals surface area contributed by atoms with Crippen LogP contribution in [0.15, 0.2) is 56.2 Å². The minimum atomic E-state index is -0.0486. The van der Waals surface area contributed by atoms with Crippen molar-refractivity contribution in [1.29, 1.82) is 0 Å². The van der Waals surface area contributed by atoms with Gasteiger partial charge in [-0.15, -0.1) is 0 Å². The van der Waals surface area contributed by atoms with Gasteiger partial charge in [-0.2, -0.15) is 0 Å². The molecule has 3 heterocycles. The van der Waals surface area contributed by atoms with Crippen LogP contribution < -0.4 is 0 Å². The Balaban J connectivity index is 0.000000408. The molecule has 0 aliphatic heterocycles. The van der Waals surface area contributed by atoms with Gasteiger partial charge in [0.15, 0.2) is 6.29 Å². The standard InChI is InChI=1S/C10H10N6.2ClH.Mn/c1-4-14(7-11-1)10(15-5-2-12-8-15)16-6-3-13-9-16;;;/h1-10H;2*1H;/q;;;+2/p-2. The van der Waals surface area contributed by atoms with E-state index in [2.05, 4.69) is 15.0 Å². The minimum Gasteiger partial charge on any atom is -0.298 e. The summed E-state index contributed by atoms with van der Waals surface area (Å²) in [6, 6.07) is 0. The van der Waals surface area contributed by atoms with Crippen LogP contribution >= 0.6 is 20.2 Å². The van der Waals surface area contributed by atoms with Crippen molar-refractivity contribution in [1.82, 2.24) is 28.7 Å². The molecule has 0 saturated heterocycles. The Hall–Kier alpha value is -1.27. The molecule has 0 spiro atoms. The molecule has 0 N–H and O–H groups in total. The van der Waals surface area contributed by atoms with Gasteiger partial charge >= 0.3 is 33.3 Å². The second-order valence-electron chi connectivity index (χ2n) is 3.43. The minimum absolute atomic E-state index is 0.00694. The van der Waals surface area contributed by atoms with E-state index in [1.165, 1.54) is 0 Å². The van der Waals surface area contributed by atoms with Crippen LogP contribution in [-0.4, -0.2) is 28.7 Å². The molecule has 0 radical (unpaired) electrons. The van der Waals surface area contributed by atoms with Crippen LogP contribution in [0, 0.1) is 0 Å². The third-order valence-corrected chi connectivity index (χ3v) is 2.37. The molecular weight excluding hydrogens is 330 g/mol. The Morgan fingerprint density at radius 2 is 1.05 bits per heavy atom. The maximum Gasteiger partial charge on any atom is 0.195 e. The first-order valence-electron chi connectivity index (χ1n) is 5.16. The zero-order valence-electron chi connectivity index (χ0n) is 9.59. The summed E-state index contributed by atoms with van der Waals surface area (Å²) in [7, 11) is 9.59. The van der Waals surface area contributed by atoms with Gasteiger partial charge in [0, 0.05) is 37.2 Å². The molecule has 9 heteroatoms. The summed E-state index contributed by atoms with van der Waals surface area (Å²) in [5, 5.41) is 0. The predicted molar refractivity (Wildman–Crippen MR) is 68.2 cm³/mol. The van der Waals surface area contributed by atoms with E-state index in [9.17, 15) is 0 Å². The normalized spacial score (nSPS) is 10.3. The van der Waals surface area contributed by atoms with Crippen molar-refractivity contribution >= 4 is 20.2 Å². The summed E-state index contributed by atoms with van der Waals surface area (Å²) in [4.78, 5) is 12.2. The number of nitrogens with zero attached hydrogens (tertiary/aromatic N) is 6. The van der Waals surface area contributed by atoms with Gasteiger partial charge in [-0.05, 0) is 0 Å². The molecule has 0 aliphatic rings. The van der Waals surface area contributed by atoms with Crippen LogP contribution in [0.3, 0.4) is 0 Å². The van der Waals surface area contributed by atoms with Crippen molar-refractivity contribution in [3.05, 3.63) is 56.2 Å². The van der Waals surface area contributed by atoms with Gasteiger partial charge in [-0.3, -0.25) is 13.7 Å². The van der Waals surface area contributed by atoms with Crippen molar-refractivity contribution in [2.24, 2.45) is 0 Å². The summed E-state index contributed by atoms with van der Waals surface area (Å²) < 4.78 is 5.93. The molecule has 101 valence electrons. The molecule has 19 heavy (non-hydrogen) atoms. The van der Waals surface area contributed by atoms with Gasteiger partial charge in [-0.1, -0.05) is 0 Å². The molecule has 3 aromatic rings. The summed E-state index contributed by atoms with van der Waals surface area (Å²) >= 11 is 0.00694. The van der Waals surface area contributed by atoms with Crippen molar-refractivity contribution in [3.63, 3.8) is 0 Å². The van der Waals surface area contributed by atoms with E-state index in [1.54, 1.807) is 37.6 Å². The van der Waals surface area contributed by atoms with Crippen molar-refractivity contribution in [2.75, 3.05) is 0 Å². The molecule has 0 atom stereocenters. The predicted octanol–water partition coefficient (Wildman–Crippen LogP) is 2.21. The van der Waals surface area contributed by atoms with Crippen LogP contribution in [-0.2, 0) is 13.1 Å². The average Bonchev–Trinajstić information content (AvgIpc) is 3.15. The number of aromatic nitrogens is 6. The zero-order chi connectivity index (χ0) is 13.5. The molecule has 3 rings (SSSR count). The molecular formula is C10H10Cl2MnN6. The molecule has 0 saturated carbocycles. The first-order chi connectivity index (χ1) is 9.36. The van der Waals surface area contributed by atoms with E-state index in [1.807, 2.05) is 32.3 Å². The molecule has 0 bridgehead atoms. The van der Waals surface area contributed by atoms with Crippen molar-refractivity contribution in [3.8, 4) is 0 Å². The van der Waals surface area contributed by atoms with Gasteiger partial charge in [0.25, 0.3) is 0 Å². The second kappa shape index (κ2) is 7.35. The van der Waals surface area contributed by atoms with Gasteiger partial charge in [0.2, 0.25) is 0 Å². The number of imidazole rings is 3.